The maximum absolute atomic E-state index is 9.25. The molecule has 1 aliphatic carbocycles. The van der Waals surface area contributed by atoms with Gasteiger partial charge in [0.2, 0.25) is 0 Å². The molecular formula is C17H25NO. The van der Waals surface area contributed by atoms with E-state index in [1.807, 2.05) is 0 Å². The van der Waals surface area contributed by atoms with E-state index in [1.54, 1.807) is 0 Å². The summed E-state index contributed by atoms with van der Waals surface area (Å²) in [5.74, 6) is 0. The van der Waals surface area contributed by atoms with E-state index in [1.165, 1.54) is 62.9 Å². The molecule has 0 unspecified atom stereocenters. The van der Waals surface area contributed by atoms with Crippen LogP contribution in [0.15, 0.2) is 18.2 Å². The van der Waals surface area contributed by atoms with Gasteiger partial charge in [-0.1, -0.05) is 18.9 Å². The van der Waals surface area contributed by atoms with Crippen molar-refractivity contribution in [1.82, 2.24) is 0 Å². The predicted octanol–water partition coefficient (Wildman–Crippen LogP) is 3.65. The molecule has 0 aromatic heterocycles. The minimum absolute atomic E-state index is 0.148. The second kappa shape index (κ2) is 5.16. The van der Waals surface area contributed by atoms with E-state index in [-0.39, 0.29) is 6.61 Å². The third kappa shape index (κ3) is 2.51. The van der Waals surface area contributed by atoms with Crippen molar-refractivity contribution >= 4 is 5.69 Å². The predicted molar refractivity (Wildman–Crippen MR) is 79.4 cm³/mol. The van der Waals surface area contributed by atoms with Gasteiger partial charge in [0.25, 0.3) is 0 Å². The van der Waals surface area contributed by atoms with E-state index in [9.17, 15) is 5.11 Å². The van der Waals surface area contributed by atoms with E-state index in [0.29, 0.717) is 5.41 Å². The monoisotopic (exact) mass is 259 g/mol. The molecule has 2 nitrogen and oxygen atoms in total. The minimum atomic E-state index is 0.148. The maximum Gasteiger partial charge on any atom is 0.0684 e. The van der Waals surface area contributed by atoms with E-state index < -0.39 is 0 Å². The highest BCUT2D eigenvalue weighted by atomic mass is 16.3. The molecule has 2 heteroatoms. The van der Waals surface area contributed by atoms with E-state index in [4.69, 9.17) is 0 Å². The molecule has 0 bridgehead atoms. The number of benzene rings is 1. The van der Waals surface area contributed by atoms with Crippen LogP contribution in [0.1, 0.15) is 49.7 Å². The zero-order valence-corrected chi connectivity index (χ0v) is 12.0. The van der Waals surface area contributed by atoms with Crippen LogP contribution in [0.4, 0.5) is 5.69 Å². The molecule has 1 N–H and O–H groups in total. The Hall–Kier alpha value is -1.02. The first-order valence-corrected chi connectivity index (χ1v) is 7.68. The van der Waals surface area contributed by atoms with Gasteiger partial charge in [-0.05, 0) is 61.3 Å². The molecule has 1 aromatic carbocycles. The van der Waals surface area contributed by atoms with Gasteiger partial charge in [0.1, 0.15) is 0 Å². The average Bonchev–Trinajstić information content (AvgIpc) is 2.88. The molecule has 1 aliphatic heterocycles. The van der Waals surface area contributed by atoms with E-state index in [0.717, 1.165) is 5.56 Å². The fourth-order valence-corrected chi connectivity index (χ4v) is 3.92. The van der Waals surface area contributed by atoms with Crippen molar-refractivity contribution in [3.63, 3.8) is 0 Å². The van der Waals surface area contributed by atoms with Gasteiger partial charge in [-0.3, -0.25) is 0 Å². The number of hydrogen-bond donors (Lipinski definition) is 1. The molecule has 0 atom stereocenters. The summed E-state index contributed by atoms with van der Waals surface area (Å²) in [6.07, 6.45) is 8.56. The molecule has 1 saturated carbocycles. The largest absolute Gasteiger partial charge is 0.392 e. The summed E-state index contributed by atoms with van der Waals surface area (Å²) >= 11 is 0. The zero-order valence-electron chi connectivity index (χ0n) is 12.0. The van der Waals surface area contributed by atoms with Crippen LogP contribution in [0.3, 0.4) is 0 Å². The molecule has 1 spiro atoms. The lowest BCUT2D eigenvalue weighted by atomic mass is 9.77. The summed E-state index contributed by atoms with van der Waals surface area (Å²) < 4.78 is 0. The van der Waals surface area contributed by atoms with Crippen molar-refractivity contribution < 1.29 is 5.11 Å². The first-order valence-electron chi connectivity index (χ1n) is 7.68. The first kappa shape index (κ1) is 13.0. The fourth-order valence-electron chi connectivity index (χ4n) is 3.92. The highest BCUT2D eigenvalue weighted by molar-refractivity contribution is 5.51. The van der Waals surface area contributed by atoms with Crippen molar-refractivity contribution in [3.05, 3.63) is 29.3 Å². The number of aliphatic hydroxyl groups is 1. The van der Waals surface area contributed by atoms with E-state index >= 15 is 0 Å². The second-order valence-electron chi connectivity index (χ2n) is 6.46. The van der Waals surface area contributed by atoms with Crippen LogP contribution in [0.25, 0.3) is 0 Å². The van der Waals surface area contributed by atoms with Gasteiger partial charge in [-0.15, -0.1) is 0 Å². The summed E-state index contributed by atoms with van der Waals surface area (Å²) in [4.78, 5) is 2.53. The van der Waals surface area contributed by atoms with Gasteiger partial charge in [-0.25, -0.2) is 0 Å². The molecular weight excluding hydrogens is 234 g/mol. The van der Waals surface area contributed by atoms with Crippen LogP contribution in [-0.4, -0.2) is 18.2 Å². The summed E-state index contributed by atoms with van der Waals surface area (Å²) in [7, 11) is 0. The smallest absolute Gasteiger partial charge is 0.0684 e. The van der Waals surface area contributed by atoms with Crippen molar-refractivity contribution in [1.29, 1.82) is 0 Å². The van der Waals surface area contributed by atoms with Crippen LogP contribution < -0.4 is 4.90 Å². The Balaban J connectivity index is 1.69. The second-order valence-corrected chi connectivity index (χ2v) is 6.46. The van der Waals surface area contributed by atoms with Crippen molar-refractivity contribution in [2.45, 2.75) is 52.1 Å². The van der Waals surface area contributed by atoms with E-state index in [2.05, 4.69) is 30.0 Å². The minimum Gasteiger partial charge on any atom is -0.392 e. The Labute approximate surface area is 116 Å². The molecule has 104 valence electrons. The Morgan fingerprint density at radius 3 is 2.37 bits per heavy atom. The molecule has 1 heterocycles. The highest BCUT2D eigenvalue weighted by Gasteiger charge is 2.36. The van der Waals surface area contributed by atoms with Crippen LogP contribution >= 0.6 is 0 Å². The molecule has 0 amide bonds. The van der Waals surface area contributed by atoms with Crippen molar-refractivity contribution in [3.8, 4) is 0 Å². The number of anilines is 1. The van der Waals surface area contributed by atoms with Crippen molar-refractivity contribution in [2.24, 2.45) is 5.41 Å². The van der Waals surface area contributed by atoms with Gasteiger partial charge in [0, 0.05) is 18.8 Å². The fraction of sp³-hybridized carbons (Fsp3) is 0.647. The first-order chi connectivity index (χ1) is 9.22. The molecule has 2 aliphatic rings. The lowest BCUT2D eigenvalue weighted by Gasteiger charge is -2.40. The van der Waals surface area contributed by atoms with Gasteiger partial charge in [-0.2, -0.15) is 0 Å². The standard InChI is InChI=1S/C17H25NO/c1-14-12-16(5-4-15(14)13-19)18-10-8-17(9-11-18)6-2-3-7-17/h4-5,12,19H,2-3,6-11,13H2,1H3. The Kier molecular flexibility index (Phi) is 3.53. The molecule has 1 aromatic rings. The molecule has 2 fully saturated rings. The number of aryl methyl sites for hydroxylation is 1. The third-order valence-electron chi connectivity index (χ3n) is 5.35. The normalized spacial score (nSPS) is 22.1. The Morgan fingerprint density at radius 2 is 1.79 bits per heavy atom. The lowest BCUT2D eigenvalue weighted by molar-refractivity contribution is 0.226. The van der Waals surface area contributed by atoms with Gasteiger partial charge >= 0.3 is 0 Å². The number of nitrogens with zero attached hydrogens (tertiary/aromatic N) is 1. The SMILES string of the molecule is Cc1cc(N2CCC3(CCCC3)CC2)ccc1CO. The van der Waals surface area contributed by atoms with Crippen molar-refractivity contribution in [2.75, 3.05) is 18.0 Å². The van der Waals surface area contributed by atoms with Crippen LogP contribution in [0, 0.1) is 12.3 Å². The van der Waals surface area contributed by atoms with Crippen LogP contribution in [-0.2, 0) is 6.61 Å². The lowest BCUT2D eigenvalue weighted by Crippen LogP contribution is -2.38. The van der Waals surface area contributed by atoms with Crippen LogP contribution in [0.2, 0.25) is 0 Å². The zero-order chi connectivity index (χ0) is 13.3. The number of piperidine rings is 1. The molecule has 19 heavy (non-hydrogen) atoms. The topological polar surface area (TPSA) is 23.5 Å². The summed E-state index contributed by atoms with van der Waals surface area (Å²) in [5.41, 5.74) is 4.29. The molecule has 3 rings (SSSR count). The Morgan fingerprint density at radius 1 is 1.11 bits per heavy atom. The summed E-state index contributed by atoms with van der Waals surface area (Å²) in [6.45, 7) is 4.66. The summed E-state index contributed by atoms with van der Waals surface area (Å²) in [5, 5.41) is 9.25. The molecule has 0 radical (unpaired) electrons. The maximum atomic E-state index is 9.25. The highest BCUT2D eigenvalue weighted by Crippen LogP contribution is 2.46. The quantitative estimate of drug-likeness (QED) is 0.876. The number of hydrogen-bond acceptors (Lipinski definition) is 2. The van der Waals surface area contributed by atoms with Crippen LogP contribution in [0.5, 0.6) is 0 Å². The summed E-state index contributed by atoms with van der Waals surface area (Å²) in [6, 6.07) is 6.48. The van der Waals surface area contributed by atoms with Gasteiger partial charge < -0.3 is 10.0 Å². The number of aliphatic hydroxyl groups excluding tert-OH is 1. The van der Waals surface area contributed by atoms with Gasteiger partial charge in [0.05, 0.1) is 6.61 Å². The van der Waals surface area contributed by atoms with Gasteiger partial charge in [0.15, 0.2) is 0 Å². The average molecular weight is 259 g/mol. The Bertz CT molecular complexity index is 439. The third-order valence-corrected chi connectivity index (χ3v) is 5.35. The number of rotatable bonds is 2. The molecule has 1 saturated heterocycles.